The second-order valence-electron chi connectivity index (χ2n) is 7.68. The highest BCUT2D eigenvalue weighted by Gasteiger charge is 2.45. The van der Waals surface area contributed by atoms with Crippen LogP contribution in [0.2, 0.25) is 0 Å². The second-order valence-corrected chi connectivity index (χ2v) is 9.43. The minimum atomic E-state index is -3.88. The number of aliphatic hydroxyl groups excluding tert-OH is 2. The van der Waals surface area contributed by atoms with Gasteiger partial charge in [0.05, 0.1) is 12.4 Å². The summed E-state index contributed by atoms with van der Waals surface area (Å²) in [6.45, 7) is 2.38. The summed E-state index contributed by atoms with van der Waals surface area (Å²) in [5.74, 6) is 0.0346. The first-order valence-corrected chi connectivity index (χ1v) is 12.0. The Labute approximate surface area is 187 Å². The molecule has 178 valence electrons. The van der Waals surface area contributed by atoms with E-state index in [0.29, 0.717) is 22.5 Å². The molecule has 6 atom stereocenters. The summed E-state index contributed by atoms with van der Waals surface area (Å²) in [7, 11) is -3.88. The fourth-order valence-corrected chi connectivity index (χ4v) is 3.76. The molecule has 0 saturated carbocycles. The zero-order valence-corrected chi connectivity index (χ0v) is 18.5. The van der Waals surface area contributed by atoms with Crippen LogP contribution in [0.25, 0.3) is 11.2 Å². The Balaban J connectivity index is 1.53. The van der Waals surface area contributed by atoms with Crippen LogP contribution >= 0.6 is 7.60 Å². The summed E-state index contributed by atoms with van der Waals surface area (Å²) in [5.41, 5.74) is 1.41. The molecule has 12 nitrogen and oxygen atoms in total. The van der Waals surface area contributed by atoms with Crippen molar-refractivity contribution in [1.29, 1.82) is 0 Å². The average molecular weight is 483 g/mol. The van der Waals surface area contributed by atoms with Crippen LogP contribution in [0.1, 0.15) is 24.8 Å². The monoisotopic (exact) mass is 483 g/mol. The first-order valence-electron chi connectivity index (χ1n) is 9.96. The van der Waals surface area contributed by atoms with Crippen LogP contribution in [-0.4, -0.2) is 66.2 Å². The molecule has 1 saturated heterocycles. The number of ether oxygens (including phenoxy) is 1. The normalized spacial score (nSPS) is 25.8. The quantitative estimate of drug-likeness (QED) is 0.209. The summed E-state index contributed by atoms with van der Waals surface area (Å²) >= 11 is 0. The molecular formula is C19H23FN5O7P. The Bertz CT molecular complexity index is 1170. The third kappa shape index (κ3) is 5.20. The van der Waals surface area contributed by atoms with Crippen LogP contribution in [0.15, 0.2) is 36.9 Å². The number of aromatic nitrogens is 4. The van der Waals surface area contributed by atoms with Crippen LogP contribution in [-0.2, 0) is 18.9 Å². The van der Waals surface area contributed by atoms with Crippen molar-refractivity contribution < 1.29 is 38.4 Å². The van der Waals surface area contributed by atoms with Gasteiger partial charge in [-0.2, -0.15) is 0 Å². The lowest BCUT2D eigenvalue weighted by Gasteiger charge is -2.17. The van der Waals surface area contributed by atoms with Gasteiger partial charge in [0.15, 0.2) is 23.2 Å². The maximum atomic E-state index is 13.6. The molecule has 1 aliphatic rings. The highest BCUT2D eigenvalue weighted by atomic mass is 31.2. The lowest BCUT2D eigenvalue weighted by atomic mass is 10.1. The van der Waals surface area contributed by atoms with Crippen LogP contribution in [0.5, 0.6) is 0 Å². The predicted molar refractivity (Wildman–Crippen MR) is 112 cm³/mol. The molecule has 2 aromatic heterocycles. The second kappa shape index (κ2) is 9.39. The Morgan fingerprint density at radius 1 is 1.30 bits per heavy atom. The number of halogens is 1. The van der Waals surface area contributed by atoms with Crippen molar-refractivity contribution in [3.8, 4) is 0 Å². The third-order valence-corrected chi connectivity index (χ3v) is 5.48. The van der Waals surface area contributed by atoms with E-state index in [-0.39, 0.29) is 11.9 Å². The van der Waals surface area contributed by atoms with E-state index in [4.69, 9.17) is 9.63 Å². The number of imidazole rings is 1. The highest BCUT2D eigenvalue weighted by Crippen LogP contribution is 2.38. The molecule has 14 heteroatoms. The number of hydrogen-bond donors (Lipinski definition) is 4. The topological polar surface area (TPSA) is 161 Å². The fraction of sp³-hybridized carbons (Fsp3) is 0.421. The number of nitrogens with one attached hydrogen (secondary N) is 1. The van der Waals surface area contributed by atoms with Crippen molar-refractivity contribution in [2.24, 2.45) is 0 Å². The molecule has 2 unspecified atom stereocenters. The van der Waals surface area contributed by atoms with E-state index >= 15 is 0 Å². The standard InChI is InChI=1S/C19H23FN5O7P/c1-10(11-4-3-5-12(20)6-11)24-17-14-18(22-8-21-17)25(9-23-14)19-16(27)15(26)13(31-19)7-30-32-33(2,28)29/h3-6,8-10,13,15-16,19,26-27H,7H2,1-2H3,(H,28,29)(H,21,22,24)/t10?,13-,15-,16-,19-/m1/s1. The van der Waals surface area contributed by atoms with E-state index in [1.807, 2.05) is 6.92 Å². The number of aliphatic hydroxyl groups is 2. The van der Waals surface area contributed by atoms with Crippen LogP contribution in [0, 0.1) is 5.82 Å². The van der Waals surface area contributed by atoms with Gasteiger partial charge in [0.25, 0.3) is 0 Å². The van der Waals surface area contributed by atoms with E-state index in [1.165, 1.54) is 29.4 Å². The maximum Gasteiger partial charge on any atom is 0.352 e. The van der Waals surface area contributed by atoms with Crippen molar-refractivity contribution in [1.82, 2.24) is 19.5 Å². The molecular weight excluding hydrogens is 460 g/mol. The zero-order chi connectivity index (χ0) is 23.8. The Morgan fingerprint density at radius 3 is 2.82 bits per heavy atom. The number of fused-ring (bicyclic) bond motifs is 1. The molecule has 33 heavy (non-hydrogen) atoms. The summed E-state index contributed by atoms with van der Waals surface area (Å²) in [6, 6.07) is 5.88. The number of hydrogen-bond acceptors (Lipinski definition) is 10. The van der Waals surface area contributed by atoms with Gasteiger partial charge in [0.1, 0.15) is 37.1 Å². The van der Waals surface area contributed by atoms with Gasteiger partial charge in [0.2, 0.25) is 0 Å². The summed E-state index contributed by atoms with van der Waals surface area (Å²) in [4.78, 5) is 26.5. The van der Waals surface area contributed by atoms with Gasteiger partial charge in [-0.3, -0.25) is 9.13 Å². The van der Waals surface area contributed by atoms with Crippen molar-refractivity contribution in [2.75, 3.05) is 18.6 Å². The molecule has 4 rings (SSSR count). The Kier molecular flexibility index (Phi) is 6.73. The largest absolute Gasteiger partial charge is 0.387 e. The first-order chi connectivity index (χ1) is 15.6. The van der Waals surface area contributed by atoms with Gasteiger partial charge in [0, 0.05) is 6.66 Å². The zero-order valence-electron chi connectivity index (χ0n) is 17.6. The van der Waals surface area contributed by atoms with E-state index in [2.05, 4.69) is 29.8 Å². The van der Waals surface area contributed by atoms with Crippen LogP contribution in [0.3, 0.4) is 0 Å². The van der Waals surface area contributed by atoms with Gasteiger partial charge < -0.3 is 25.2 Å². The lowest BCUT2D eigenvalue weighted by molar-refractivity contribution is -0.238. The first kappa shape index (κ1) is 23.6. The lowest BCUT2D eigenvalue weighted by Crippen LogP contribution is -2.33. The average Bonchev–Trinajstić information content (AvgIpc) is 3.30. The van der Waals surface area contributed by atoms with Crippen molar-refractivity contribution >= 4 is 24.6 Å². The molecule has 1 aromatic carbocycles. The fourth-order valence-electron chi connectivity index (χ4n) is 3.50. The van der Waals surface area contributed by atoms with Gasteiger partial charge in [-0.1, -0.05) is 12.1 Å². The van der Waals surface area contributed by atoms with E-state index in [0.717, 1.165) is 6.66 Å². The van der Waals surface area contributed by atoms with E-state index < -0.39 is 38.7 Å². The molecule has 3 heterocycles. The maximum absolute atomic E-state index is 13.6. The predicted octanol–water partition coefficient (Wildman–Crippen LogP) is 1.52. The highest BCUT2D eigenvalue weighted by molar-refractivity contribution is 7.51. The van der Waals surface area contributed by atoms with E-state index in [9.17, 15) is 19.2 Å². The summed E-state index contributed by atoms with van der Waals surface area (Å²) in [6.07, 6.45) is -2.15. The minimum Gasteiger partial charge on any atom is -0.387 e. The Morgan fingerprint density at radius 2 is 2.09 bits per heavy atom. The summed E-state index contributed by atoms with van der Waals surface area (Å²) in [5, 5.41) is 24.0. The van der Waals surface area contributed by atoms with Gasteiger partial charge in [-0.15, -0.1) is 4.67 Å². The Hall–Kier alpha value is -2.51. The molecule has 0 amide bonds. The number of anilines is 1. The van der Waals surface area contributed by atoms with Gasteiger partial charge >= 0.3 is 7.60 Å². The minimum absolute atomic E-state index is 0.290. The smallest absolute Gasteiger partial charge is 0.352 e. The molecule has 3 aromatic rings. The van der Waals surface area contributed by atoms with Gasteiger partial charge in [-0.25, -0.2) is 24.2 Å². The van der Waals surface area contributed by atoms with Crippen LogP contribution < -0.4 is 5.32 Å². The van der Waals surface area contributed by atoms with Crippen molar-refractivity contribution in [3.63, 3.8) is 0 Å². The number of benzene rings is 1. The van der Waals surface area contributed by atoms with Gasteiger partial charge in [-0.05, 0) is 24.6 Å². The SMILES string of the molecule is CC(Nc1ncnc2c1ncn2[C@@H]1O[C@H](COOP(C)(=O)O)[C@@H](O)[C@H]1O)c1cccc(F)c1. The van der Waals surface area contributed by atoms with E-state index in [1.54, 1.807) is 12.1 Å². The summed E-state index contributed by atoms with van der Waals surface area (Å²) < 4.78 is 36.2. The molecule has 0 spiro atoms. The number of nitrogens with zero attached hydrogens (tertiary/aromatic N) is 4. The van der Waals surface area contributed by atoms with Crippen molar-refractivity contribution in [3.05, 3.63) is 48.3 Å². The molecule has 1 aliphatic heterocycles. The molecule has 0 radical (unpaired) electrons. The molecule has 0 aliphatic carbocycles. The van der Waals surface area contributed by atoms with Crippen LogP contribution in [0.4, 0.5) is 10.2 Å². The van der Waals surface area contributed by atoms with Crippen molar-refractivity contribution in [2.45, 2.75) is 37.5 Å². The molecule has 0 bridgehead atoms. The third-order valence-electron chi connectivity index (χ3n) is 5.10. The molecule has 1 fully saturated rings. The number of rotatable bonds is 8. The molecule has 4 N–H and O–H groups in total.